The van der Waals surface area contributed by atoms with Crippen LogP contribution < -0.4 is 37.6 Å². The van der Waals surface area contributed by atoms with Gasteiger partial charge in [-0.25, -0.2) is 0 Å². The summed E-state index contributed by atoms with van der Waals surface area (Å²) in [6.45, 7) is 4.51. The van der Waals surface area contributed by atoms with Gasteiger partial charge in [0.2, 0.25) is 35.4 Å². The number of carbonyl (C=O) groups excluding carboxylic acids is 7. The molecule has 3 aromatic rings. The van der Waals surface area contributed by atoms with Crippen molar-refractivity contribution in [1.82, 2.24) is 31.9 Å². The molecule has 306 valence electrons. The quantitative estimate of drug-likeness (QED) is 0.0685. The van der Waals surface area contributed by atoms with Crippen molar-refractivity contribution in [2.24, 2.45) is 11.7 Å². The summed E-state index contributed by atoms with van der Waals surface area (Å²) in [5, 5.41) is 15.6. The lowest BCUT2D eigenvalue weighted by atomic mass is 10.0. The van der Waals surface area contributed by atoms with Gasteiger partial charge in [0.1, 0.15) is 25.2 Å². The summed E-state index contributed by atoms with van der Waals surface area (Å²) in [6, 6.07) is 24.3. The molecule has 6 amide bonds. The van der Waals surface area contributed by atoms with Crippen molar-refractivity contribution in [3.8, 4) is 0 Å². The van der Waals surface area contributed by atoms with Gasteiger partial charge in [0, 0.05) is 18.9 Å². The van der Waals surface area contributed by atoms with E-state index in [2.05, 4.69) is 31.9 Å². The molecule has 15 nitrogen and oxygen atoms in total. The highest BCUT2D eigenvalue weighted by Crippen LogP contribution is 2.09. The molecule has 8 N–H and O–H groups in total. The van der Waals surface area contributed by atoms with Crippen LogP contribution in [0.5, 0.6) is 0 Å². The number of hydrogen-bond donors (Lipinski definition) is 7. The zero-order valence-corrected chi connectivity index (χ0v) is 32.8. The average Bonchev–Trinajstić information content (AvgIpc) is 3.19. The Kier molecular flexibility index (Phi) is 19.4. The number of nitrogens with one attached hydrogen (secondary N) is 6. The van der Waals surface area contributed by atoms with E-state index < -0.39 is 66.7 Å². The Morgan fingerprint density at radius 1 is 0.561 bits per heavy atom. The molecule has 4 unspecified atom stereocenters. The van der Waals surface area contributed by atoms with Crippen molar-refractivity contribution in [2.45, 2.75) is 83.6 Å². The van der Waals surface area contributed by atoms with Crippen LogP contribution in [0, 0.1) is 5.92 Å². The second-order valence-electron chi connectivity index (χ2n) is 14.2. The molecule has 0 radical (unpaired) electrons. The fraction of sp³-hybridized carbons (Fsp3) is 0.405. The largest absolute Gasteiger partial charge is 0.460 e. The van der Waals surface area contributed by atoms with E-state index in [1.54, 1.807) is 36.4 Å². The Bertz CT molecular complexity index is 1760. The number of hydrogen-bond acceptors (Lipinski definition) is 9. The highest BCUT2D eigenvalue weighted by atomic mass is 16.5. The first-order valence-corrected chi connectivity index (χ1v) is 19.0. The molecule has 57 heavy (non-hydrogen) atoms. The standard InChI is InChI=1S/C42H55N7O8/c1-28(2)21-34(41(55)46-26-39(53)57-27-32-17-11-6-12-18-32)49-42(56)35(23-31-15-9-5-10-16-31)48-38(52)24-44-36(50)20-19-33(43)40(54)45-25-37(51)47-29(3)22-30-13-7-4-8-14-30/h4-18,28-29,33-35H,19-27,43H2,1-3H3,(H,44,50)(H,45,54)(H,46,55)(H,47,51)(H,48,52)(H,49,56). The van der Waals surface area contributed by atoms with E-state index in [0.717, 1.165) is 16.7 Å². The Balaban J connectivity index is 1.46. The van der Waals surface area contributed by atoms with Crippen LogP contribution >= 0.6 is 0 Å². The molecule has 0 heterocycles. The van der Waals surface area contributed by atoms with Gasteiger partial charge in [-0.15, -0.1) is 0 Å². The van der Waals surface area contributed by atoms with Gasteiger partial charge in [-0.2, -0.15) is 0 Å². The van der Waals surface area contributed by atoms with E-state index >= 15 is 0 Å². The summed E-state index contributed by atoms with van der Waals surface area (Å²) in [6.07, 6.45) is 0.737. The van der Waals surface area contributed by atoms with Crippen LogP contribution in [0.25, 0.3) is 0 Å². The molecule has 0 bridgehead atoms. The predicted octanol–water partition coefficient (Wildman–Crippen LogP) is 1.19. The van der Waals surface area contributed by atoms with Gasteiger partial charge in [0.05, 0.1) is 19.1 Å². The first-order valence-electron chi connectivity index (χ1n) is 19.0. The molecule has 4 atom stereocenters. The fourth-order valence-electron chi connectivity index (χ4n) is 5.68. The molecule has 15 heteroatoms. The lowest BCUT2D eigenvalue weighted by molar-refractivity contribution is -0.145. The number of esters is 1. The minimum absolute atomic E-state index is 0.0128. The van der Waals surface area contributed by atoms with E-state index in [9.17, 15) is 33.6 Å². The van der Waals surface area contributed by atoms with Crippen molar-refractivity contribution in [1.29, 1.82) is 0 Å². The van der Waals surface area contributed by atoms with Gasteiger partial charge in [-0.05, 0) is 48.8 Å². The summed E-state index contributed by atoms with van der Waals surface area (Å²) in [5.41, 5.74) is 8.54. The van der Waals surface area contributed by atoms with Gasteiger partial charge in [-0.1, -0.05) is 105 Å². The van der Waals surface area contributed by atoms with Crippen molar-refractivity contribution in [3.63, 3.8) is 0 Å². The summed E-state index contributed by atoms with van der Waals surface area (Å²) in [4.78, 5) is 89.4. The maximum Gasteiger partial charge on any atom is 0.325 e. The smallest absolute Gasteiger partial charge is 0.325 e. The van der Waals surface area contributed by atoms with Gasteiger partial charge >= 0.3 is 5.97 Å². The summed E-state index contributed by atoms with van der Waals surface area (Å²) < 4.78 is 5.23. The number of nitrogens with two attached hydrogens (primary N) is 1. The minimum Gasteiger partial charge on any atom is -0.460 e. The second kappa shape index (κ2) is 24.4. The zero-order valence-electron chi connectivity index (χ0n) is 32.8. The third-order valence-corrected chi connectivity index (χ3v) is 8.60. The molecule has 0 saturated heterocycles. The molecule has 0 aliphatic carbocycles. The Morgan fingerprint density at radius 3 is 1.68 bits per heavy atom. The number of benzene rings is 3. The lowest BCUT2D eigenvalue weighted by Crippen LogP contribution is -2.56. The summed E-state index contributed by atoms with van der Waals surface area (Å²) >= 11 is 0. The number of rotatable bonds is 23. The van der Waals surface area contributed by atoms with Gasteiger partial charge in [-0.3, -0.25) is 33.6 Å². The topological polar surface area (TPSA) is 227 Å². The van der Waals surface area contributed by atoms with Crippen LogP contribution in [0.2, 0.25) is 0 Å². The SMILES string of the molecule is CC(C)CC(NC(=O)C(Cc1ccccc1)NC(=O)CNC(=O)CCC(N)C(=O)NCC(=O)NC(C)Cc1ccccc1)C(=O)NCC(=O)OCc1ccccc1. The molecular weight excluding hydrogens is 731 g/mol. The van der Waals surface area contributed by atoms with Crippen molar-refractivity contribution >= 4 is 41.4 Å². The Labute approximate surface area is 333 Å². The lowest BCUT2D eigenvalue weighted by Gasteiger charge is -2.24. The molecule has 0 spiro atoms. The molecular formula is C42H55N7O8. The van der Waals surface area contributed by atoms with Crippen LogP contribution in [0.3, 0.4) is 0 Å². The van der Waals surface area contributed by atoms with Crippen LogP contribution in [0.15, 0.2) is 91.0 Å². The van der Waals surface area contributed by atoms with Crippen LogP contribution in [-0.4, -0.2) is 85.2 Å². The molecule has 0 saturated carbocycles. The summed E-state index contributed by atoms with van der Waals surface area (Å²) in [7, 11) is 0. The summed E-state index contributed by atoms with van der Waals surface area (Å²) in [5.74, 6) is -4.09. The third kappa shape index (κ3) is 18.4. The minimum atomic E-state index is -1.12. The van der Waals surface area contributed by atoms with Crippen LogP contribution in [0.4, 0.5) is 0 Å². The van der Waals surface area contributed by atoms with E-state index in [1.165, 1.54) is 0 Å². The molecule has 0 aliphatic heterocycles. The maximum absolute atomic E-state index is 13.6. The number of ether oxygens (including phenoxy) is 1. The molecule has 0 aromatic heterocycles. The van der Waals surface area contributed by atoms with Crippen molar-refractivity contribution in [3.05, 3.63) is 108 Å². The van der Waals surface area contributed by atoms with Gasteiger partial charge in [0.25, 0.3) is 0 Å². The first-order chi connectivity index (χ1) is 27.3. The maximum atomic E-state index is 13.6. The number of carbonyl (C=O) groups is 7. The molecule has 0 aliphatic rings. The van der Waals surface area contributed by atoms with Crippen molar-refractivity contribution in [2.75, 3.05) is 19.6 Å². The fourth-order valence-corrected chi connectivity index (χ4v) is 5.68. The molecule has 0 fully saturated rings. The van der Waals surface area contributed by atoms with Crippen LogP contribution in [0.1, 0.15) is 56.7 Å². The normalized spacial score (nSPS) is 12.9. The van der Waals surface area contributed by atoms with Crippen molar-refractivity contribution < 1.29 is 38.3 Å². The average molecular weight is 786 g/mol. The highest BCUT2D eigenvalue weighted by Gasteiger charge is 2.28. The van der Waals surface area contributed by atoms with Gasteiger partial charge in [0.15, 0.2) is 0 Å². The number of amides is 6. The van der Waals surface area contributed by atoms with Gasteiger partial charge < -0.3 is 42.4 Å². The monoisotopic (exact) mass is 785 g/mol. The van der Waals surface area contributed by atoms with E-state index in [0.29, 0.717) is 6.42 Å². The predicted molar refractivity (Wildman–Crippen MR) is 214 cm³/mol. The van der Waals surface area contributed by atoms with E-state index in [4.69, 9.17) is 10.5 Å². The molecule has 3 aromatic carbocycles. The van der Waals surface area contributed by atoms with Crippen LogP contribution in [-0.2, 0) is 57.7 Å². The first kappa shape index (κ1) is 45.3. The zero-order chi connectivity index (χ0) is 41.6. The third-order valence-electron chi connectivity index (χ3n) is 8.60. The molecule has 3 rings (SSSR count). The van der Waals surface area contributed by atoms with E-state index in [1.807, 2.05) is 75.4 Å². The van der Waals surface area contributed by atoms with E-state index in [-0.39, 0.29) is 56.7 Å². The Hall–Kier alpha value is -6.09. The second-order valence-corrected chi connectivity index (χ2v) is 14.2. The Morgan fingerprint density at radius 2 is 1.09 bits per heavy atom. The highest BCUT2D eigenvalue weighted by molar-refractivity contribution is 5.94.